The first-order valence-corrected chi connectivity index (χ1v) is 7.48. The Morgan fingerprint density at radius 3 is 1.46 bits per heavy atom. The lowest BCUT2D eigenvalue weighted by molar-refractivity contribution is -0.153. The van der Waals surface area contributed by atoms with Crippen molar-refractivity contribution in [2.24, 2.45) is 23.7 Å². The van der Waals surface area contributed by atoms with Crippen molar-refractivity contribution >= 4 is 23.9 Å². The second-order valence-corrected chi connectivity index (χ2v) is 5.65. The summed E-state index contributed by atoms with van der Waals surface area (Å²) in [5, 5.41) is 34.6. The molecule has 0 bridgehead atoms. The molecule has 0 heterocycles. The lowest BCUT2D eigenvalue weighted by atomic mass is 9.83. The fourth-order valence-electron chi connectivity index (χ4n) is 2.72. The van der Waals surface area contributed by atoms with Crippen molar-refractivity contribution in [3.63, 3.8) is 0 Å². The van der Waals surface area contributed by atoms with Crippen LogP contribution in [0.4, 0.5) is 0 Å². The zero-order valence-corrected chi connectivity index (χ0v) is 12.9. The van der Waals surface area contributed by atoms with E-state index in [-0.39, 0.29) is 0 Å². The summed E-state index contributed by atoms with van der Waals surface area (Å²) in [6.45, 7) is 0. The largest absolute Gasteiger partial charge is 0.481 e. The quantitative estimate of drug-likeness (QED) is 0.562. The summed E-state index contributed by atoms with van der Waals surface area (Å²) >= 11 is 0. The van der Waals surface area contributed by atoms with Crippen LogP contribution in [0.15, 0.2) is 24.3 Å². The molecule has 0 aliphatic heterocycles. The predicted octanol–water partition coefficient (Wildman–Crippen LogP) is 1.48. The SMILES string of the molecule is O=C(O)C1C=CCCC1C(=O)O.O=C(O)C1CC=CCC1C(=O)O. The van der Waals surface area contributed by atoms with E-state index >= 15 is 0 Å². The van der Waals surface area contributed by atoms with E-state index in [1.54, 1.807) is 18.2 Å². The molecule has 4 N–H and O–H groups in total. The van der Waals surface area contributed by atoms with Crippen LogP contribution in [0.1, 0.15) is 25.7 Å². The van der Waals surface area contributed by atoms with Gasteiger partial charge in [0.25, 0.3) is 0 Å². The number of carbonyl (C=O) groups is 4. The van der Waals surface area contributed by atoms with Gasteiger partial charge in [0.2, 0.25) is 0 Å². The Hall–Kier alpha value is -2.64. The molecule has 0 aromatic heterocycles. The highest BCUT2D eigenvalue weighted by atomic mass is 16.4. The van der Waals surface area contributed by atoms with Crippen molar-refractivity contribution in [3.05, 3.63) is 24.3 Å². The van der Waals surface area contributed by atoms with Crippen LogP contribution in [0.2, 0.25) is 0 Å². The second kappa shape index (κ2) is 8.85. The van der Waals surface area contributed by atoms with Gasteiger partial charge in [-0.3, -0.25) is 19.2 Å². The Bertz CT molecular complexity index is 522. The van der Waals surface area contributed by atoms with Crippen molar-refractivity contribution < 1.29 is 39.6 Å². The molecule has 0 spiro atoms. The highest BCUT2D eigenvalue weighted by Gasteiger charge is 2.34. The monoisotopic (exact) mass is 340 g/mol. The van der Waals surface area contributed by atoms with E-state index < -0.39 is 47.5 Å². The van der Waals surface area contributed by atoms with E-state index in [1.165, 1.54) is 6.08 Å². The van der Waals surface area contributed by atoms with Crippen LogP contribution in [0.5, 0.6) is 0 Å². The Kier molecular flexibility index (Phi) is 7.16. The molecule has 0 radical (unpaired) electrons. The molecule has 2 rings (SSSR count). The summed E-state index contributed by atoms with van der Waals surface area (Å²) in [5.41, 5.74) is 0. The number of hydrogen-bond donors (Lipinski definition) is 4. The third-order valence-electron chi connectivity index (χ3n) is 4.09. The summed E-state index contributed by atoms with van der Waals surface area (Å²) in [5.74, 6) is -7.24. The molecular weight excluding hydrogens is 320 g/mol. The van der Waals surface area contributed by atoms with Gasteiger partial charge in [-0.15, -0.1) is 0 Å². The number of hydrogen-bond acceptors (Lipinski definition) is 4. The molecule has 0 amide bonds. The van der Waals surface area contributed by atoms with Gasteiger partial charge in [-0.25, -0.2) is 0 Å². The Balaban J connectivity index is 0.000000240. The number of carboxylic acid groups (broad SMARTS) is 4. The maximum Gasteiger partial charge on any atom is 0.311 e. The molecular formula is C16H20O8. The first kappa shape index (κ1) is 19.4. The maximum atomic E-state index is 10.6. The lowest BCUT2D eigenvalue weighted by Gasteiger charge is -2.20. The van der Waals surface area contributed by atoms with Crippen LogP contribution in [0.3, 0.4) is 0 Å². The number of carboxylic acids is 4. The second-order valence-electron chi connectivity index (χ2n) is 5.65. The highest BCUT2D eigenvalue weighted by molar-refractivity contribution is 5.82. The van der Waals surface area contributed by atoms with Gasteiger partial charge in [0, 0.05) is 0 Å². The summed E-state index contributed by atoms with van der Waals surface area (Å²) in [6, 6.07) is 0. The molecule has 132 valence electrons. The fourth-order valence-corrected chi connectivity index (χ4v) is 2.72. The molecule has 24 heavy (non-hydrogen) atoms. The summed E-state index contributed by atoms with van der Waals surface area (Å²) in [4.78, 5) is 42.3. The molecule has 0 fully saturated rings. The Labute approximate surface area is 138 Å². The normalized spacial score (nSPS) is 28.3. The average Bonchev–Trinajstić information content (AvgIpc) is 2.55. The van der Waals surface area contributed by atoms with Gasteiger partial charge in [-0.1, -0.05) is 24.3 Å². The van der Waals surface area contributed by atoms with Crippen LogP contribution in [-0.4, -0.2) is 44.3 Å². The summed E-state index contributed by atoms with van der Waals surface area (Å²) in [6.07, 6.45) is 8.35. The zero-order valence-electron chi connectivity index (χ0n) is 12.9. The third-order valence-corrected chi connectivity index (χ3v) is 4.09. The third kappa shape index (κ3) is 5.22. The lowest BCUT2D eigenvalue weighted by Crippen LogP contribution is -2.30. The fraction of sp³-hybridized carbons (Fsp3) is 0.500. The van der Waals surface area contributed by atoms with Crippen molar-refractivity contribution in [2.45, 2.75) is 25.7 Å². The van der Waals surface area contributed by atoms with Crippen LogP contribution in [0, 0.1) is 23.7 Å². The van der Waals surface area contributed by atoms with Gasteiger partial charge >= 0.3 is 23.9 Å². The van der Waals surface area contributed by atoms with Gasteiger partial charge < -0.3 is 20.4 Å². The molecule has 2 aliphatic carbocycles. The predicted molar refractivity (Wildman–Crippen MR) is 81.3 cm³/mol. The Morgan fingerprint density at radius 2 is 1.12 bits per heavy atom. The van der Waals surface area contributed by atoms with Crippen molar-refractivity contribution in [1.29, 1.82) is 0 Å². The Morgan fingerprint density at radius 1 is 0.667 bits per heavy atom. The summed E-state index contributed by atoms with van der Waals surface area (Å²) < 4.78 is 0. The highest BCUT2D eigenvalue weighted by Crippen LogP contribution is 2.26. The van der Waals surface area contributed by atoms with Gasteiger partial charge in [0.05, 0.1) is 23.7 Å². The van der Waals surface area contributed by atoms with Crippen molar-refractivity contribution in [1.82, 2.24) is 0 Å². The van der Waals surface area contributed by atoms with Gasteiger partial charge in [-0.05, 0) is 25.7 Å². The molecule has 8 nitrogen and oxygen atoms in total. The van der Waals surface area contributed by atoms with Crippen LogP contribution < -0.4 is 0 Å². The minimum Gasteiger partial charge on any atom is -0.481 e. The molecule has 0 aromatic rings. The first-order valence-electron chi connectivity index (χ1n) is 7.48. The molecule has 0 aromatic carbocycles. The minimum absolute atomic E-state index is 0.326. The van der Waals surface area contributed by atoms with Crippen molar-refractivity contribution in [2.75, 3.05) is 0 Å². The van der Waals surface area contributed by atoms with Crippen LogP contribution in [-0.2, 0) is 19.2 Å². The topological polar surface area (TPSA) is 149 Å². The van der Waals surface area contributed by atoms with Gasteiger partial charge in [0.15, 0.2) is 0 Å². The molecule has 8 heteroatoms. The molecule has 4 atom stereocenters. The van der Waals surface area contributed by atoms with Crippen molar-refractivity contribution in [3.8, 4) is 0 Å². The molecule has 2 aliphatic rings. The van der Waals surface area contributed by atoms with Crippen LogP contribution >= 0.6 is 0 Å². The molecule has 4 unspecified atom stereocenters. The molecule has 0 saturated heterocycles. The first-order chi connectivity index (χ1) is 11.3. The van der Waals surface area contributed by atoms with E-state index in [0.29, 0.717) is 25.7 Å². The maximum absolute atomic E-state index is 10.6. The smallest absolute Gasteiger partial charge is 0.311 e. The van der Waals surface area contributed by atoms with E-state index in [1.807, 2.05) is 0 Å². The number of allylic oxidation sites excluding steroid dienone is 3. The van der Waals surface area contributed by atoms with Gasteiger partial charge in [-0.2, -0.15) is 0 Å². The number of aliphatic carboxylic acids is 4. The van der Waals surface area contributed by atoms with E-state index in [2.05, 4.69) is 0 Å². The van der Waals surface area contributed by atoms with E-state index in [9.17, 15) is 19.2 Å². The van der Waals surface area contributed by atoms with Gasteiger partial charge in [0.1, 0.15) is 0 Å². The minimum atomic E-state index is -1.06. The number of rotatable bonds is 4. The summed E-state index contributed by atoms with van der Waals surface area (Å²) in [7, 11) is 0. The zero-order chi connectivity index (χ0) is 18.3. The van der Waals surface area contributed by atoms with E-state index in [0.717, 1.165) is 0 Å². The standard InChI is InChI=1S/2C8H10O4/c2*9-7(10)5-3-1-2-4-6(5)8(11)12/h1,3,5-6H,2,4H2,(H,9,10)(H,11,12);1-2,5-6H,3-4H2,(H,9,10)(H,11,12). The molecule has 0 saturated carbocycles. The average molecular weight is 340 g/mol. The van der Waals surface area contributed by atoms with E-state index in [4.69, 9.17) is 20.4 Å². The van der Waals surface area contributed by atoms with Crippen LogP contribution in [0.25, 0.3) is 0 Å².